The van der Waals surface area contributed by atoms with Crippen molar-refractivity contribution >= 4 is 5.69 Å². The summed E-state index contributed by atoms with van der Waals surface area (Å²) in [7, 11) is 0. The molecule has 0 atom stereocenters. The fourth-order valence-electron chi connectivity index (χ4n) is 1.99. The minimum Gasteiger partial charge on any atom is -0.299 e. The number of nitrogens with two attached hydrogens (primary N) is 1. The Bertz CT molecular complexity index is 325. The summed E-state index contributed by atoms with van der Waals surface area (Å²) in [6.07, 6.45) is 1.13. The lowest BCUT2D eigenvalue weighted by Crippen LogP contribution is -2.73. The van der Waals surface area contributed by atoms with E-state index in [1.165, 1.54) is 16.6 Å². The molecule has 2 rings (SSSR count). The smallest absolute Gasteiger partial charge is 0.162 e. The molecule has 0 radical (unpaired) electrons. The molecule has 0 unspecified atom stereocenters. The summed E-state index contributed by atoms with van der Waals surface area (Å²) in [5, 5.41) is 8.92. The molecule has 1 aromatic carbocycles. The van der Waals surface area contributed by atoms with Crippen LogP contribution in [0.15, 0.2) is 18.2 Å². The minimum absolute atomic E-state index is 0.904. The SMILES string of the molecule is CCN1CCc2ccc([NH2+]O)cc2C1. The third-order valence-electron chi connectivity index (χ3n) is 2.92. The summed E-state index contributed by atoms with van der Waals surface area (Å²) in [6.45, 7) is 5.47. The van der Waals surface area contributed by atoms with E-state index in [2.05, 4.69) is 24.0 Å². The molecule has 76 valence electrons. The molecule has 0 spiro atoms. The number of quaternary nitrogens is 1. The summed E-state index contributed by atoms with van der Waals surface area (Å²) < 4.78 is 0. The van der Waals surface area contributed by atoms with Gasteiger partial charge in [-0.25, -0.2) is 5.21 Å². The van der Waals surface area contributed by atoms with E-state index in [0.717, 1.165) is 31.7 Å². The molecule has 0 aromatic heterocycles. The van der Waals surface area contributed by atoms with Crippen LogP contribution in [0.4, 0.5) is 5.69 Å². The van der Waals surface area contributed by atoms with Gasteiger partial charge >= 0.3 is 0 Å². The highest BCUT2D eigenvalue weighted by Gasteiger charge is 2.15. The number of hydrogen-bond donors (Lipinski definition) is 2. The van der Waals surface area contributed by atoms with Crippen LogP contribution in [0.2, 0.25) is 0 Å². The van der Waals surface area contributed by atoms with E-state index < -0.39 is 0 Å². The predicted molar refractivity (Wildman–Crippen MR) is 54.5 cm³/mol. The van der Waals surface area contributed by atoms with Crippen molar-refractivity contribution in [1.29, 1.82) is 0 Å². The monoisotopic (exact) mass is 193 g/mol. The molecule has 3 heteroatoms. The van der Waals surface area contributed by atoms with E-state index >= 15 is 0 Å². The van der Waals surface area contributed by atoms with Crippen molar-refractivity contribution in [2.45, 2.75) is 19.9 Å². The first-order valence-corrected chi connectivity index (χ1v) is 5.15. The van der Waals surface area contributed by atoms with Crippen molar-refractivity contribution < 1.29 is 10.7 Å². The molecule has 0 bridgehead atoms. The van der Waals surface area contributed by atoms with E-state index in [1.807, 2.05) is 6.07 Å². The largest absolute Gasteiger partial charge is 0.299 e. The molecule has 0 amide bonds. The fraction of sp³-hybridized carbons (Fsp3) is 0.455. The van der Waals surface area contributed by atoms with Crippen molar-refractivity contribution in [2.24, 2.45) is 0 Å². The molecular formula is C11H17N2O+. The summed E-state index contributed by atoms with van der Waals surface area (Å²) in [5.41, 5.74) is 4.87. The second kappa shape index (κ2) is 4.09. The summed E-state index contributed by atoms with van der Waals surface area (Å²) >= 11 is 0. The van der Waals surface area contributed by atoms with Crippen LogP contribution in [0.5, 0.6) is 0 Å². The lowest BCUT2D eigenvalue weighted by molar-refractivity contribution is -0.825. The van der Waals surface area contributed by atoms with Gasteiger partial charge in [-0.05, 0) is 24.1 Å². The number of rotatable bonds is 2. The van der Waals surface area contributed by atoms with E-state index in [-0.39, 0.29) is 0 Å². The zero-order chi connectivity index (χ0) is 9.97. The molecule has 1 aromatic rings. The van der Waals surface area contributed by atoms with E-state index in [1.54, 1.807) is 0 Å². The Labute approximate surface area is 84.3 Å². The number of nitrogens with zero attached hydrogens (tertiary/aromatic N) is 1. The topological polar surface area (TPSA) is 40.1 Å². The second-order valence-electron chi connectivity index (χ2n) is 3.78. The molecule has 1 heterocycles. The Balaban J connectivity index is 2.25. The van der Waals surface area contributed by atoms with Crippen LogP contribution in [-0.4, -0.2) is 23.2 Å². The molecule has 14 heavy (non-hydrogen) atoms. The van der Waals surface area contributed by atoms with Gasteiger partial charge in [-0.1, -0.05) is 13.0 Å². The zero-order valence-electron chi connectivity index (χ0n) is 8.53. The molecule has 1 aliphatic heterocycles. The van der Waals surface area contributed by atoms with Gasteiger partial charge in [0, 0.05) is 25.2 Å². The van der Waals surface area contributed by atoms with Crippen LogP contribution >= 0.6 is 0 Å². The van der Waals surface area contributed by atoms with Gasteiger partial charge < -0.3 is 0 Å². The van der Waals surface area contributed by atoms with Crippen LogP contribution in [0.1, 0.15) is 18.1 Å². The third kappa shape index (κ3) is 1.80. The van der Waals surface area contributed by atoms with Crippen molar-refractivity contribution in [3.05, 3.63) is 29.3 Å². The van der Waals surface area contributed by atoms with Crippen molar-refractivity contribution in [3.63, 3.8) is 0 Å². The number of hydrogen-bond acceptors (Lipinski definition) is 2. The van der Waals surface area contributed by atoms with Gasteiger partial charge in [0.15, 0.2) is 5.69 Å². The van der Waals surface area contributed by atoms with Crippen molar-refractivity contribution in [3.8, 4) is 0 Å². The van der Waals surface area contributed by atoms with Crippen LogP contribution in [0, 0.1) is 0 Å². The van der Waals surface area contributed by atoms with Gasteiger partial charge in [-0.3, -0.25) is 4.90 Å². The molecular weight excluding hydrogens is 176 g/mol. The predicted octanol–water partition coefficient (Wildman–Crippen LogP) is 0.649. The Kier molecular flexibility index (Phi) is 2.82. The highest BCUT2D eigenvalue weighted by molar-refractivity contribution is 5.40. The lowest BCUT2D eigenvalue weighted by atomic mass is 9.99. The van der Waals surface area contributed by atoms with E-state index in [0.29, 0.717) is 0 Å². The molecule has 0 saturated heterocycles. The van der Waals surface area contributed by atoms with Gasteiger partial charge in [0.25, 0.3) is 0 Å². The second-order valence-corrected chi connectivity index (χ2v) is 3.78. The van der Waals surface area contributed by atoms with Crippen LogP contribution < -0.4 is 5.48 Å². The highest BCUT2D eigenvalue weighted by Crippen LogP contribution is 2.20. The van der Waals surface area contributed by atoms with Gasteiger partial charge in [0.1, 0.15) is 0 Å². The first-order valence-electron chi connectivity index (χ1n) is 5.15. The average molecular weight is 193 g/mol. The molecule has 0 fully saturated rings. The fourth-order valence-corrected chi connectivity index (χ4v) is 1.99. The normalized spacial score (nSPS) is 16.7. The van der Waals surface area contributed by atoms with Crippen molar-refractivity contribution in [1.82, 2.24) is 4.90 Å². The maximum atomic E-state index is 8.92. The zero-order valence-corrected chi connectivity index (χ0v) is 8.53. The van der Waals surface area contributed by atoms with Crippen LogP contribution in [-0.2, 0) is 13.0 Å². The maximum absolute atomic E-state index is 8.92. The third-order valence-corrected chi connectivity index (χ3v) is 2.92. The highest BCUT2D eigenvalue weighted by atomic mass is 16.5. The number of fused-ring (bicyclic) bond motifs is 1. The number of benzene rings is 1. The Morgan fingerprint density at radius 3 is 3.00 bits per heavy atom. The first-order chi connectivity index (χ1) is 6.83. The van der Waals surface area contributed by atoms with Gasteiger partial charge in [0.05, 0.1) is 0 Å². The van der Waals surface area contributed by atoms with E-state index in [9.17, 15) is 0 Å². The molecule has 3 nitrogen and oxygen atoms in total. The van der Waals surface area contributed by atoms with Gasteiger partial charge in [-0.15, -0.1) is 0 Å². The van der Waals surface area contributed by atoms with E-state index in [4.69, 9.17) is 5.21 Å². The average Bonchev–Trinajstić information content (AvgIpc) is 2.27. The van der Waals surface area contributed by atoms with Gasteiger partial charge in [-0.2, -0.15) is 5.48 Å². The Hall–Kier alpha value is -0.900. The minimum atomic E-state index is 0.904. The molecule has 3 N–H and O–H groups in total. The summed E-state index contributed by atoms with van der Waals surface area (Å²) in [6, 6.07) is 6.18. The summed E-state index contributed by atoms with van der Waals surface area (Å²) in [4.78, 5) is 2.42. The van der Waals surface area contributed by atoms with Crippen molar-refractivity contribution in [2.75, 3.05) is 13.1 Å². The Morgan fingerprint density at radius 1 is 1.43 bits per heavy atom. The summed E-state index contributed by atoms with van der Waals surface area (Å²) in [5.74, 6) is 0. The van der Waals surface area contributed by atoms with Gasteiger partial charge in [0.2, 0.25) is 0 Å². The first kappa shape index (κ1) is 9.65. The standard InChI is InChI=1S/C11H16N2O/c1-2-13-6-5-9-3-4-11(12-14)7-10(9)8-13/h3-4,7,12,14H,2,5-6,8H2,1H3/p+1. The van der Waals surface area contributed by atoms with Crippen LogP contribution in [0.3, 0.4) is 0 Å². The Morgan fingerprint density at radius 2 is 2.29 bits per heavy atom. The molecule has 0 saturated carbocycles. The number of likely N-dealkylation sites (N-methyl/N-ethyl adjacent to an activating group) is 1. The molecule has 0 aliphatic carbocycles. The molecule has 1 aliphatic rings. The maximum Gasteiger partial charge on any atom is 0.162 e. The quantitative estimate of drug-likeness (QED) is 0.535. The lowest BCUT2D eigenvalue weighted by Gasteiger charge is -2.27. The van der Waals surface area contributed by atoms with Crippen LogP contribution in [0.25, 0.3) is 0 Å².